The van der Waals surface area contributed by atoms with Crippen molar-refractivity contribution in [3.63, 3.8) is 0 Å². The zero-order valence-corrected chi connectivity index (χ0v) is 13.8. The molecule has 0 amide bonds. The van der Waals surface area contributed by atoms with Crippen LogP contribution in [0.4, 0.5) is 0 Å². The highest BCUT2D eigenvalue weighted by molar-refractivity contribution is 6.29. The largest absolute Gasteiger partial charge is 0.480 e. The summed E-state index contributed by atoms with van der Waals surface area (Å²) in [6, 6.07) is 14.4. The summed E-state index contributed by atoms with van der Waals surface area (Å²) in [5.41, 5.74) is 0.616. The summed E-state index contributed by atoms with van der Waals surface area (Å²) in [6.45, 7) is 0. The summed E-state index contributed by atoms with van der Waals surface area (Å²) in [6.07, 6.45) is 0. The number of carbonyl (C=O) groups is 4. The molecule has 6 heteroatoms. The Morgan fingerprint density at radius 3 is 1.67 bits per heavy atom. The minimum atomic E-state index is -1.81. The fourth-order valence-electron chi connectivity index (χ4n) is 3.42. The Morgan fingerprint density at radius 1 is 0.667 bits per heavy atom. The second-order valence-electron chi connectivity index (χ2n) is 6.32. The monoisotopic (exact) mass is 360 g/mol. The third-order valence-corrected chi connectivity index (χ3v) is 4.74. The van der Waals surface area contributed by atoms with Crippen LogP contribution in [0.25, 0.3) is 10.8 Å². The van der Waals surface area contributed by atoms with Gasteiger partial charge >= 0.3 is 11.9 Å². The lowest BCUT2D eigenvalue weighted by Crippen LogP contribution is -2.24. The van der Waals surface area contributed by atoms with Crippen LogP contribution in [0.5, 0.6) is 0 Å². The summed E-state index contributed by atoms with van der Waals surface area (Å²) in [7, 11) is 0. The maximum atomic E-state index is 13.0. The van der Waals surface area contributed by atoms with Gasteiger partial charge in [0.05, 0.1) is 0 Å². The molecule has 0 aliphatic heterocycles. The first-order valence-electron chi connectivity index (χ1n) is 8.10. The molecule has 0 aromatic heterocycles. The van der Waals surface area contributed by atoms with E-state index in [4.69, 9.17) is 10.2 Å². The molecule has 0 spiro atoms. The van der Waals surface area contributed by atoms with Gasteiger partial charge in [0.1, 0.15) is 0 Å². The van der Waals surface area contributed by atoms with E-state index in [1.165, 1.54) is 18.2 Å². The topological polar surface area (TPSA) is 109 Å². The highest BCUT2D eigenvalue weighted by atomic mass is 16.4. The first-order chi connectivity index (χ1) is 12.9. The van der Waals surface area contributed by atoms with E-state index in [0.29, 0.717) is 0 Å². The van der Waals surface area contributed by atoms with Crippen LogP contribution in [-0.2, 0) is 9.59 Å². The molecule has 3 aromatic rings. The maximum Gasteiger partial charge on any atom is 0.322 e. The minimum absolute atomic E-state index is 0.0211. The third kappa shape index (κ3) is 2.50. The average molecular weight is 360 g/mol. The fourth-order valence-corrected chi connectivity index (χ4v) is 3.42. The van der Waals surface area contributed by atoms with Crippen LogP contribution < -0.4 is 0 Å². The molecular weight excluding hydrogens is 348 g/mol. The molecule has 0 radical (unpaired) electrons. The zero-order valence-electron chi connectivity index (χ0n) is 13.8. The smallest absolute Gasteiger partial charge is 0.322 e. The van der Waals surface area contributed by atoms with Crippen molar-refractivity contribution in [2.45, 2.75) is 5.92 Å². The van der Waals surface area contributed by atoms with Gasteiger partial charge in [0.2, 0.25) is 0 Å². The van der Waals surface area contributed by atoms with E-state index in [9.17, 15) is 19.2 Å². The number of hydrogen-bond donors (Lipinski definition) is 2. The zero-order chi connectivity index (χ0) is 19.3. The van der Waals surface area contributed by atoms with Crippen molar-refractivity contribution in [3.05, 3.63) is 82.4 Å². The van der Waals surface area contributed by atoms with Crippen LogP contribution in [0.3, 0.4) is 0 Å². The van der Waals surface area contributed by atoms with Gasteiger partial charge in [-0.3, -0.25) is 19.2 Å². The molecule has 0 atom stereocenters. The number of hydrogen-bond acceptors (Lipinski definition) is 4. The number of benzene rings is 3. The lowest BCUT2D eigenvalue weighted by atomic mass is 9.81. The molecule has 4 rings (SSSR count). The molecule has 0 unspecified atom stereocenters. The molecule has 132 valence electrons. The predicted molar refractivity (Wildman–Crippen MR) is 95.3 cm³/mol. The van der Waals surface area contributed by atoms with Crippen LogP contribution in [0.15, 0.2) is 54.6 Å². The van der Waals surface area contributed by atoms with Gasteiger partial charge in [-0.15, -0.1) is 0 Å². The Bertz CT molecular complexity index is 1160. The van der Waals surface area contributed by atoms with Crippen molar-refractivity contribution in [1.29, 1.82) is 0 Å². The third-order valence-electron chi connectivity index (χ3n) is 4.74. The first-order valence-corrected chi connectivity index (χ1v) is 8.10. The Labute approximate surface area is 152 Å². The van der Waals surface area contributed by atoms with Crippen molar-refractivity contribution in [2.24, 2.45) is 0 Å². The molecule has 27 heavy (non-hydrogen) atoms. The van der Waals surface area contributed by atoms with Gasteiger partial charge in [0, 0.05) is 22.3 Å². The van der Waals surface area contributed by atoms with Gasteiger partial charge in [-0.2, -0.15) is 0 Å². The van der Waals surface area contributed by atoms with Crippen molar-refractivity contribution in [3.8, 4) is 0 Å². The number of carboxylic acids is 2. The number of rotatable bonds is 3. The van der Waals surface area contributed by atoms with E-state index in [1.807, 2.05) is 24.3 Å². The molecule has 1 aliphatic carbocycles. The molecular formula is C21H12O6. The Morgan fingerprint density at radius 2 is 1.15 bits per heavy atom. The van der Waals surface area contributed by atoms with Crippen molar-refractivity contribution < 1.29 is 29.4 Å². The standard InChI is InChI=1S/C21H12O6/c22-18-13-6-5-12(17(20(24)25)21(26)27)9-14(13)19(23)16-8-11-4-2-1-3-10(11)7-15(16)18/h1-9,17H,(H,24,25)(H,26,27). The minimum Gasteiger partial charge on any atom is -0.480 e. The second-order valence-corrected chi connectivity index (χ2v) is 6.32. The number of ketones is 2. The molecule has 3 aromatic carbocycles. The number of carboxylic acid groups (broad SMARTS) is 2. The lowest BCUT2D eigenvalue weighted by molar-refractivity contribution is -0.150. The van der Waals surface area contributed by atoms with Gasteiger partial charge in [0.25, 0.3) is 0 Å². The summed E-state index contributed by atoms with van der Waals surface area (Å²) >= 11 is 0. The molecule has 2 N–H and O–H groups in total. The highest BCUT2D eigenvalue weighted by Crippen LogP contribution is 2.32. The van der Waals surface area contributed by atoms with E-state index in [0.717, 1.165) is 10.8 Å². The maximum absolute atomic E-state index is 13.0. The van der Waals surface area contributed by atoms with Crippen LogP contribution in [0.2, 0.25) is 0 Å². The molecule has 0 saturated heterocycles. The molecule has 0 fully saturated rings. The van der Waals surface area contributed by atoms with Crippen molar-refractivity contribution in [2.75, 3.05) is 0 Å². The molecule has 0 heterocycles. The van der Waals surface area contributed by atoms with E-state index < -0.39 is 23.6 Å². The molecule has 1 aliphatic rings. The number of aliphatic carboxylic acids is 2. The molecule has 0 saturated carbocycles. The van der Waals surface area contributed by atoms with Crippen molar-refractivity contribution >= 4 is 34.3 Å². The summed E-state index contributed by atoms with van der Waals surface area (Å²) in [5.74, 6) is -5.66. The van der Waals surface area contributed by atoms with Gasteiger partial charge in [-0.05, 0) is 40.6 Å². The molecule has 0 bridgehead atoms. The number of fused-ring (bicyclic) bond motifs is 3. The fraction of sp³-hybridized carbons (Fsp3) is 0.0476. The van der Waals surface area contributed by atoms with Crippen molar-refractivity contribution in [1.82, 2.24) is 0 Å². The summed E-state index contributed by atoms with van der Waals surface area (Å²) in [5, 5.41) is 20.0. The van der Waals surface area contributed by atoms with Gasteiger partial charge in [0.15, 0.2) is 17.5 Å². The summed E-state index contributed by atoms with van der Waals surface area (Å²) < 4.78 is 0. The van der Waals surface area contributed by atoms with Gasteiger partial charge in [-0.25, -0.2) is 0 Å². The first kappa shape index (κ1) is 16.7. The Balaban J connectivity index is 1.91. The van der Waals surface area contributed by atoms with E-state index in [-0.39, 0.29) is 33.6 Å². The quantitative estimate of drug-likeness (QED) is 0.544. The average Bonchev–Trinajstić information content (AvgIpc) is 2.64. The Hall–Kier alpha value is -3.80. The van der Waals surface area contributed by atoms with Crippen LogP contribution in [0, 0.1) is 0 Å². The lowest BCUT2D eigenvalue weighted by Gasteiger charge is -2.19. The normalized spacial score (nSPS) is 12.8. The van der Waals surface area contributed by atoms with Gasteiger partial charge < -0.3 is 10.2 Å². The van der Waals surface area contributed by atoms with Crippen LogP contribution >= 0.6 is 0 Å². The predicted octanol–water partition coefficient (Wildman–Crippen LogP) is 2.87. The van der Waals surface area contributed by atoms with Gasteiger partial charge in [-0.1, -0.05) is 30.3 Å². The highest BCUT2D eigenvalue weighted by Gasteiger charge is 2.33. The van der Waals surface area contributed by atoms with E-state index in [2.05, 4.69) is 0 Å². The van der Waals surface area contributed by atoms with E-state index in [1.54, 1.807) is 12.1 Å². The Kier molecular flexibility index (Phi) is 3.63. The SMILES string of the molecule is O=C1c2ccc(C(C(=O)O)C(=O)O)cc2C(=O)c2cc3ccccc3cc21. The molecule has 6 nitrogen and oxygen atoms in total. The van der Waals surface area contributed by atoms with Crippen LogP contribution in [0.1, 0.15) is 43.3 Å². The van der Waals surface area contributed by atoms with Crippen LogP contribution in [-0.4, -0.2) is 33.7 Å². The second kappa shape index (κ2) is 5.88. The number of carbonyl (C=O) groups excluding carboxylic acids is 2. The summed E-state index contributed by atoms with van der Waals surface area (Å²) in [4.78, 5) is 48.4. The van der Waals surface area contributed by atoms with E-state index >= 15 is 0 Å².